The van der Waals surface area contributed by atoms with Crippen LogP contribution in [0.4, 0.5) is 0 Å². The first-order valence-corrected chi connectivity index (χ1v) is 5.71. The van der Waals surface area contributed by atoms with Crippen LogP contribution in [0.25, 0.3) is 0 Å². The lowest BCUT2D eigenvalue weighted by Gasteiger charge is -2.39. The molecule has 1 aliphatic carbocycles. The number of rotatable bonds is 2. The molecule has 1 saturated heterocycles. The molecule has 0 unspecified atom stereocenters. The number of piperazine rings is 1. The summed E-state index contributed by atoms with van der Waals surface area (Å²) in [5.74, 6) is 0.578. The highest BCUT2D eigenvalue weighted by atomic mass is 16.5. The Morgan fingerprint density at radius 1 is 1.20 bits per heavy atom. The number of methoxy groups -OCH3 is 1. The van der Waals surface area contributed by atoms with E-state index in [-0.39, 0.29) is 5.92 Å². The van der Waals surface area contributed by atoms with Crippen molar-refractivity contribution in [2.45, 2.75) is 18.9 Å². The Morgan fingerprint density at radius 2 is 1.80 bits per heavy atom. The van der Waals surface area contributed by atoms with Crippen LogP contribution in [0.1, 0.15) is 12.8 Å². The van der Waals surface area contributed by atoms with Crippen molar-refractivity contribution in [2.75, 3.05) is 40.3 Å². The molecule has 0 spiro atoms. The minimum absolute atomic E-state index is 0.235. The third-order valence-corrected chi connectivity index (χ3v) is 3.59. The van der Waals surface area contributed by atoms with Crippen molar-refractivity contribution in [1.82, 2.24) is 9.80 Å². The Morgan fingerprint density at radius 3 is 2.33 bits per heavy atom. The predicted octanol–water partition coefficient (Wildman–Crippen LogP) is 0.185. The van der Waals surface area contributed by atoms with Gasteiger partial charge in [-0.15, -0.1) is 0 Å². The molecule has 1 amide bonds. The fraction of sp³-hybridized carbons (Fsp3) is 0.909. The predicted molar refractivity (Wildman–Crippen MR) is 57.6 cm³/mol. The third-order valence-electron chi connectivity index (χ3n) is 3.59. The summed E-state index contributed by atoms with van der Waals surface area (Å²) >= 11 is 0. The number of hydrogen-bond acceptors (Lipinski definition) is 3. The van der Waals surface area contributed by atoms with Crippen molar-refractivity contribution in [3.63, 3.8) is 0 Å². The lowest BCUT2D eigenvalue weighted by atomic mass is 9.81. The van der Waals surface area contributed by atoms with E-state index in [0.717, 1.165) is 39.0 Å². The molecule has 0 aromatic heterocycles. The molecule has 1 saturated carbocycles. The van der Waals surface area contributed by atoms with Crippen LogP contribution in [0.3, 0.4) is 0 Å². The average molecular weight is 212 g/mol. The number of likely N-dealkylation sites (N-methyl/N-ethyl adjacent to an activating group) is 1. The summed E-state index contributed by atoms with van der Waals surface area (Å²) in [7, 11) is 3.83. The van der Waals surface area contributed by atoms with Gasteiger partial charge in [-0.25, -0.2) is 0 Å². The molecule has 0 aromatic carbocycles. The molecule has 0 radical (unpaired) electrons. The number of carbonyl (C=O) groups is 1. The molecular formula is C11H20N2O2. The Bertz CT molecular complexity index is 231. The van der Waals surface area contributed by atoms with Gasteiger partial charge in [-0.3, -0.25) is 4.79 Å². The van der Waals surface area contributed by atoms with E-state index < -0.39 is 0 Å². The molecule has 2 fully saturated rings. The van der Waals surface area contributed by atoms with E-state index in [1.807, 2.05) is 4.90 Å². The Balaban J connectivity index is 1.77. The van der Waals surface area contributed by atoms with Crippen molar-refractivity contribution >= 4 is 5.91 Å². The smallest absolute Gasteiger partial charge is 0.225 e. The van der Waals surface area contributed by atoms with Crippen LogP contribution in [-0.4, -0.2) is 62.1 Å². The number of amides is 1. The maximum Gasteiger partial charge on any atom is 0.225 e. The molecule has 0 atom stereocenters. The third kappa shape index (κ3) is 2.32. The van der Waals surface area contributed by atoms with Crippen molar-refractivity contribution in [2.24, 2.45) is 5.92 Å². The first-order valence-electron chi connectivity index (χ1n) is 5.71. The van der Waals surface area contributed by atoms with Gasteiger partial charge in [-0.05, 0) is 19.9 Å². The van der Waals surface area contributed by atoms with E-state index in [4.69, 9.17) is 4.74 Å². The molecule has 15 heavy (non-hydrogen) atoms. The lowest BCUT2D eigenvalue weighted by Crippen LogP contribution is -2.51. The van der Waals surface area contributed by atoms with Crippen LogP contribution >= 0.6 is 0 Å². The lowest BCUT2D eigenvalue weighted by molar-refractivity contribution is -0.145. The van der Waals surface area contributed by atoms with E-state index in [9.17, 15) is 4.79 Å². The summed E-state index contributed by atoms with van der Waals surface area (Å²) in [4.78, 5) is 16.3. The number of nitrogens with zero attached hydrogens (tertiary/aromatic N) is 2. The van der Waals surface area contributed by atoms with Crippen LogP contribution in [0.2, 0.25) is 0 Å². The second-order valence-electron chi connectivity index (χ2n) is 4.65. The van der Waals surface area contributed by atoms with Crippen molar-refractivity contribution in [3.05, 3.63) is 0 Å². The summed E-state index contributed by atoms with van der Waals surface area (Å²) in [6.07, 6.45) is 2.16. The standard InChI is InChI=1S/C11H20N2O2/c1-12-3-5-13(6-4-12)11(14)9-7-10(8-9)15-2/h9-10H,3-8H2,1-2H3. The van der Waals surface area contributed by atoms with E-state index in [1.54, 1.807) is 7.11 Å². The Labute approximate surface area is 91.2 Å². The van der Waals surface area contributed by atoms with Crippen LogP contribution in [-0.2, 0) is 9.53 Å². The number of carbonyl (C=O) groups excluding carboxylic acids is 1. The highest BCUT2D eigenvalue weighted by Crippen LogP contribution is 2.31. The molecule has 0 bridgehead atoms. The van der Waals surface area contributed by atoms with E-state index in [0.29, 0.717) is 12.0 Å². The van der Waals surface area contributed by atoms with Gasteiger partial charge in [-0.2, -0.15) is 0 Å². The van der Waals surface area contributed by atoms with Crippen LogP contribution in [0.15, 0.2) is 0 Å². The minimum atomic E-state index is 0.235. The van der Waals surface area contributed by atoms with E-state index >= 15 is 0 Å². The van der Waals surface area contributed by atoms with Gasteiger partial charge in [0.25, 0.3) is 0 Å². The molecule has 2 rings (SSSR count). The quantitative estimate of drug-likeness (QED) is 0.655. The fourth-order valence-electron chi connectivity index (χ4n) is 2.24. The highest BCUT2D eigenvalue weighted by molar-refractivity contribution is 5.80. The minimum Gasteiger partial charge on any atom is -0.381 e. The molecule has 0 aromatic rings. The van der Waals surface area contributed by atoms with Gasteiger partial charge in [0.05, 0.1) is 6.10 Å². The molecule has 1 heterocycles. The van der Waals surface area contributed by atoms with Crippen LogP contribution in [0, 0.1) is 5.92 Å². The topological polar surface area (TPSA) is 32.8 Å². The van der Waals surface area contributed by atoms with Gasteiger partial charge >= 0.3 is 0 Å². The Hall–Kier alpha value is -0.610. The normalized spacial score (nSPS) is 32.5. The molecule has 86 valence electrons. The van der Waals surface area contributed by atoms with Crippen molar-refractivity contribution in [3.8, 4) is 0 Å². The maximum atomic E-state index is 12.0. The summed E-state index contributed by atoms with van der Waals surface area (Å²) in [6, 6.07) is 0. The van der Waals surface area contributed by atoms with E-state index in [1.165, 1.54) is 0 Å². The monoisotopic (exact) mass is 212 g/mol. The zero-order chi connectivity index (χ0) is 10.8. The molecule has 2 aliphatic rings. The summed E-state index contributed by atoms with van der Waals surface area (Å²) in [6.45, 7) is 3.80. The molecule has 1 aliphatic heterocycles. The van der Waals surface area contributed by atoms with Crippen molar-refractivity contribution < 1.29 is 9.53 Å². The number of hydrogen-bond donors (Lipinski definition) is 0. The second-order valence-corrected chi connectivity index (χ2v) is 4.65. The average Bonchev–Trinajstić information content (AvgIpc) is 2.17. The zero-order valence-corrected chi connectivity index (χ0v) is 9.61. The maximum absolute atomic E-state index is 12.0. The molecular weight excluding hydrogens is 192 g/mol. The molecule has 4 heteroatoms. The van der Waals surface area contributed by atoms with E-state index in [2.05, 4.69) is 11.9 Å². The second kappa shape index (κ2) is 4.49. The Kier molecular flexibility index (Phi) is 3.26. The largest absolute Gasteiger partial charge is 0.381 e. The van der Waals surface area contributed by atoms with Crippen LogP contribution in [0.5, 0.6) is 0 Å². The molecule has 0 N–H and O–H groups in total. The highest BCUT2D eigenvalue weighted by Gasteiger charge is 2.37. The van der Waals surface area contributed by atoms with Gasteiger partial charge < -0.3 is 14.5 Å². The van der Waals surface area contributed by atoms with Crippen LogP contribution < -0.4 is 0 Å². The SMILES string of the molecule is COC1CC(C(=O)N2CCN(C)CC2)C1. The zero-order valence-electron chi connectivity index (χ0n) is 9.61. The molecule has 4 nitrogen and oxygen atoms in total. The number of ether oxygens (including phenoxy) is 1. The van der Waals surface area contributed by atoms with Gasteiger partial charge in [0, 0.05) is 39.2 Å². The van der Waals surface area contributed by atoms with Gasteiger partial charge in [0.1, 0.15) is 0 Å². The first-order chi connectivity index (χ1) is 7.20. The van der Waals surface area contributed by atoms with Gasteiger partial charge in [0.2, 0.25) is 5.91 Å². The van der Waals surface area contributed by atoms with Gasteiger partial charge in [-0.1, -0.05) is 0 Å². The van der Waals surface area contributed by atoms with Gasteiger partial charge in [0.15, 0.2) is 0 Å². The fourth-order valence-corrected chi connectivity index (χ4v) is 2.24. The summed E-state index contributed by atoms with van der Waals surface area (Å²) < 4.78 is 5.19. The first kappa shape index (κ1) is 10.9. The summed E-state index contributed by atoms with van der Waals surface area (Å²) in [5.41, 5.74) is 0. The summed E-state index contributed by atoms with van der Waals surface area (Å²) in [5, 5.41) is 0. The van der Waals surface area contributed by atoms with Crippen molar-refractivity contribution in [1.29, 1.82) is 0 Å².